The van der Waals surface area contributed by atoms with Crippen molar-refractivity contribution in [1.29, 1.82) is 0 Å². The molecule has 2 aromatic rings. The van der Waals surface area contributed by atoms with Crippen LogP contribution < -0.4 is 10.5 Å². The molecule has 0 saturated carbocycles. The Bertz CT molecular complexity index is 688. The average molecular weight is 332 g/mol. The number of hydrogen-bond donors (Lipinski definition) is 1. The van der Waals surface area contributed by atoms with Crippen molar-refractivity contribution in [2.24, 2.45) is 5.73 Å². The standard InChI is InChI=1S/C14H9ClF3NOS/c15-9-4-5-11(13(19)21)12(7-9)20-10-3-1-2-8(6-10)14(16,17)18/h1-7H,(H2,19,21). The van der Waals surface area contributed by atoms with Crippen LogP contribution in [0.2, 0.25) is 5.02 Å². The van der Waals surface area contributed by atoms with Crippen LogP contribution in [0.1, 0.15) is 11.1 Å². The fourth-order valence-electron chi connectivity index (χ4n) is 1.65. The Hall–Kier alpha value is -1.79. The zero-order chi connectivity index (χ0) is 15.6. The molecule has 0 radical (unpaired) electrons. The van der Waals surface area contributed by atoms with Gasteiger partial charge < -0.3 is 10.5 Å². The van der Waals surface area contributed by atoms with Gasteiger partial charge in [-0.3, -0.25) is 0 Å². The minimum absolute atomic E-state index is 0.0181. The Labute approximate surface area is 129 Å². The van der Waals surface area contributed by atoms with Gasteiger partial charge in [0, 0.05) is 11.1 Å². The van der Waals surface area contributed by atoms with Crippen molar-refractivity contribution in [3.8, 4) is 11.5 Å². The average Bonchev–Trinajstić information content (AvgIpc) is 2.37. The largest absolute Gasteiger partial charge is 0.457 e. The summed E-state index contributed by atoms with van der Waals surface area (Å²) in [4.78, 5) is 0.0636. The highest BCUT2D eigenvalue weighted by Crippen LogP contribution is 2.34. The second-order valence-electron chi connectivity index (χ2n) is 4.13. The summed E-state index contributed by atoms with van der Waals surface area (Å²) in [5.41, 5.74) is 5.13. The molecular formula is C14H9ClF3NOS. The second-order valence-corrected chi connectivity index (χ2v) is 5.01. The molecule has 0 spiro atoms. The Kier molecular flexibility index (Phi) is 4.39. The van der Waals surface area contributed by atoms with E-state index in [0.717, 1.165) is 12.1 Å². The van der Waals surface area contributed by atoms with Crippen molar-refractivity contribution in [3.05, 3.63) is 58.6 Å². The molecule has 21 heavy (non-hydrogen) atoms. The van der Waals surface area contributed by atoms with Crippen molar-refractivity contribution >= 4 is 28.8 Å². The third kappa shape index (κ3) is 3.86. The van der Waals surface area contributed by atoms with E-state index >= 15 is 0 Å². The zero-order valence-electron chi connectivity index (χ0n) is 10.4. The molecule has 0 amide bonds. The van der Waals surface area contributed by atoms with Crippen LogP contribution in [0.4, 0.5) is 13.2 Å². The highest BCUT2D eigenvalue weighted by atomic mass is 35.5. The van der Waals surface area contributed by atoms with Crippen molar-refractivity contribution in [2.75, 3.05) is 0 Å². The van der Waals surface area contributed by atoms with Crippen LogP contribution in [-0.4, -0.2) is 4.99 Å². The summed E-state index contributed by atoms with van der Waals surface area (Å²) in [5.74, 6) is 0.221. The Morgan fingerprint density at radius 1 is 1.14 bits per heavy atom. The maximum atomic E-state index is 12.7. The molecule has 2 nitrogen and oxygen atoms in total. The SMILES string of the molecule is NC(=S)c1ccc(Cl)cc1Oc1cccc(C(F)(F)F)c1. The molecule has 0 unspecified atom stereocenters. The summed E-state index contributed by atoms with van der Waals surface area (Å²) in [6.45, 7) is 0. The molecule has 2 N–H and O–H groups in total. The quantitative estimate of drug-likeness (QED) is 0.822. The maximum absolute atomic E-state index is 12.7. The van der Waals surface area contributed by atoms with Crippen LogP contribution in [-0.2, 0) is 6.18 Å². The first-order valence-corrected chi connectivity index (χ1v) is 6.50. The lowest BCUT2D eigenvalue weighted by Crippen LogP contribution is -2.10. The number of halogens is 4. The normalized spacial score (nSPS) is 11.2. The molecule has 7 heteroatoms. The molecule has 0 aliphatic rings. The van der Waals surface area contributed by atoms with Gasteiger partial charge in [0.05, 0.1) is 11.1 Å². The molecule has 0 aromatic heterocycles. The predicted molar refractivity (Wildman–Crippen MR) is 78.9 cm³/mol. The Morgan fingerprint density at radius 3 is 2.48 bits per heavy atom. The topological polar surface area (TPSA) is 35.2 Å². The number of nitrogens with two attached hydrogens (primary N) is 1. The first-order valence-electron chi connectivity index (χ1n) is 5.72. The summed E-state index contributed by atoms with van der Waals surface area (Å²) in [6, 6.07) is 9.06. The van der Waals surface area contributed by atoms with Crippen LogP contribution in [0.15, 0.2) is 42.5 Å². The van der Waals surface area contributed by atoms with Gasteiger partial charge in [-0.2, -0.15) is 13.2 Å². The van der Waals surface area contributed by atoms with Crippen molar-refractivity contribution in [3.63, 3.8) is 0 Å². The van der Waals surface area contributed by atoms with Gasteiger partial charge in [-0.25, -0.2) is 0 Å². The number of benzene rings is 2. The lowest BCUT2D eigenvalue weighted by molar-refractivity contribution is -0.137. The molecule has 0 aliphatic heterocycles. The van der Waals surface area contributed by atoms with Crippen LogP contribution in [0.3, 0.4) is 0 Å². The molecule has 0 heterocycles. The molecule has 0 saturated heterocycles. The van der Waals surface area contributed by atoms with Gasteiger partial charge in [-0.05, 0) is 30.3 Å². The maximum Gasteiger partial charge on any atom is 0.416 e. The number of hydrogen-bond acceptors (Lipinski definition) is 2. The number of alkyl halides is 3. The van der Waals surface area contributed by atoms with E-state index in [1.807, 2.05) is 0 Å². The lowest BCUT2D eigenvalue weighted by atomic mass is 10.2. The summed E-state index contributed by atoms with van der Waals surface area (Å²) in [7, 11) is 0. The summed E-state index contributed by atoms with van der Waals surface area (Å²) in [5, 5.41) is 0.358. The van der Waals surface area contributed by atoms with Gasteiger partial charge in [-0.1, -0.05) is 29.9 Å². The van der Waals surface area contributed by atoms with E-state index in [-0.39, 0.29) is 16.5 Å². The molecule has 0 fully saturated rings. The highest BCUT2D eigenvalue weighted by molar-refractivity contribution is 7.80. The minimum Gasteiger partial charge on any atom is -0.457 e. The van der Waals surface area contributed by atoms with Gasteiger partial charge in [0.2, 0.25) is 0 Å². The first kappa shape index (κ1) is 15.6. The number of thiocarbonyl (C=S) groups is 1. The van der Waals surface area contributed by atoms with Crippen LogP contribution in [0, 0.1) is 0 Å². The third-order valence-electron chi connectivity index (χ3n) is 2.60. The first-order chi connectivity index (χ1) is 9.77. The van der Waals surface area contributed by atoms with E-state index in [0.29, 0.717) is 10.6 Å². The summed E-state index contributed by atoms with van der Waals surface area (Å²) in [6.07, 6.45) is -4.44. The molecule has 110 valence electrons. The van der Waals surface area contributed by atoms with Crippen molar-refractivity contribution in [1.82, 2.24) is 0 Å². The Morgan fingerprint density at radius 2 is 1.86 bits per heavy atom. The van der Waals surface area contributed by atoms with Crippen LogP contribution >= 0.6 is 23.8 Å². The van der Waals surface area contributed by atoms with E-state index in [4.69, 9.17) is 34.3 Å². The van der Waals surface area contributed by atoms with Crippen molar-refractivity contribution in [2.45, 2.75) is 6.18 Å². The van der Waals surface area contributed by atoms with E-state index in [1.165, 1.54) is 18.2 Å². The van der Waals surface area contributed by atoms with E-state index in [1.54, 1.807) is 12.1 Å². The van der Waals surface area contributed by atoms with Gasteiger partial charge >= 0.3 is 6.18 Å². The fraction of sp³-hybridized carbons (Fsp3) is 0.0714. The van der Waals surface area contributed by atoms with Crippen LogP contribution in [0.5, 0.6) is 11.5 Å². The van der Waals surface area contributed by atoms with E-state index in [2.05, 4.69) is 0 Å². The molecule has 0 bridgehead atoms. The van der Waals surface area contributed by atoms with Crippen molar-refractivity contribution < 1.29 is 17.9 Å². The molecule has 0 aliphatic carbocycles. The molecular weight excluding hydrogens is 323 g/mol. The van der Waals surface area contributed by atoms with Gasteiger partial charge in [0.15, 0.2) is 0 Å². The minimum atomic E-state index is -4.44. The van der Waals surface area contributed by atoms with Crippen LogP contribution in [0.25, 0.3) is 0 Å². The monoisotopic (exact) mass is 331 g/mol. The fourth-order valence-corrected chi connectivity index (χ4v) is 1.98. The zero-order valence-corrected chi connectivity index (χ0v) is 12.0. The predicted octanol–water partition coefficient (Wildman–Crippen LogP) is 4.79. The third-order valence-corrected chi connectivity index (χ3v) is 3.05. The van der Waals surface area contributed by atoms with Gasteiger partial charge in [0.25, 0.3) is 0 Å². The number of rotatable bonds is 3. The lowest BCUT2D eigenvalue weighted by Gasteiger charge is -2.12. The molecule has 2 aromatic carbocycles. The number of ether oxygens (including phenoxy) is 1. The van der Waals surface area contributed by atoms with Gasteiger partial charge in [-0.15, -0.1) is 0 Å². The Balaban J connectivity index is 2.39. The molecule has 0 atom stereocenters. The highest BCUT2D eigenvalue weighted by Gasteiger charge is 2.30. The summed E-state index contributed by atoms with van der Waals surface area (Å²) >= 11 is 10.7. The second kappa shape index (κ2) is 5.91. The van der Waals surface area contributed by atoms with Gasteiger partial charge in [0.1, 0.15) is 16.5 Å². The van der Waals surface area contributed by atoms with E-state index in [9.17, 15) is 13.2 Å². The van der Waals surface area contributed by atoms with E-state index < -0.39 is 11.7 Å². The summed E-state index contributed by atoms with van der Waals surface area (Å²) < 4.78 is 43.4. The smallest absolute Gasteiger partial charge is 0.416 e. The molecule has 2 rings (SSSR count).